The van der Waals surface area contributed by atoms with Gasteiger partial charge in [-0.25, -0.2) is 13.4 Å². The van der Waals surface area contributed by atoms with Crippen molar-refractivity contribution in [2.75, 3.05) is 18.0 Å². The van der Waals surface area contributed by atoms with Gasteiger partial charge in [0, 0.05) is 13.1 Å². The number of carbonyl (C=O) groups excluding carboxylic acids is 1. The fourth-order valence-electron chi connectivity index (χ4n) is 4.33. The number of nitrogens with zero attached hydrogens (tertiary/aromatic N) is 3. The van der Waals surface area contributed by atoms with Crippen molar-refractivity contribution in [3.8, 4) is 0 Å². The molecule has 1 amide bonds. The van der Waals surface area contributed by atoms with Crippen molar-refractivity contribution in [2.45, 2.75) is 30.5 Å². The molecule has 0 spiro atoms. The molecule has 2 aromatic carbocycles. The number of amides is 1. The van der Waals surface area contributed by atoms with Crippen LogP contribution in [0, 0.1) is 12.8 Å². The van der Waals surface area contributed by atoms with Gasteiger partial charge in [0.2, 0.25) is 5.91 Å². The zero-order chi connectivity index (χ0) is 24.6. The number of rotatable bonds is 6. The molecule has 0 N–H and O–H groups in total. The van der Waals surface area contributed by atoms with E-state index in [1.807, 2.05) is 49.4 Å². The SMILES string of the molecule is Cc1ccc(Cl)c2sc(N(Cc3ccccc3)C(=O)C3CCCN(S(=O)(=O)c4cccs4)C3)nc12. The average molecular weight is 546 g/mol. The van der Waals surface area contributed by atoms with Crippen LogP contribution in [0.3, 0.4) is 0 Å². The molecule has 35 heavy (non-hydrogen) atoms. The third kappa shape index (κ3) is 4.88. The van der Waals surface area contributed by atoms with E-state index in [1.165, 1.54) is 27.0 Å². The van der Waals surface area contributed by atoms with Gasteiger partial charge in [-0.15, -0.1) is 11.3 Å². The van der Waals surface area contributed by atoms with Crippen molar-refractivity contribution in [1.82, 2.24) is 9.29 Å². The summed E-state index contributed by atoms with van der Waals surface area (Å²) >= 11 is 9.04. The number of hydrogen-bond donors (Lipinski definition) is 0. The van der Waals surface area contributed by atoms with E-state index in [-0.39, 0.29) is 12.5 Å². The maximum atomic E-state index is 13.9. The van der Waals surface area contributed by atoms with Gasteiger partial charge in [0.25, 0.3) is 10.0 Å². The number of hydrogen-bond acceptors (Lipinski definition) is 6. The second-order valence-electron chi connectivity index (χ2n) is 8.58. The van der Waals surface area contributed by atoms with E-state index in [1.54, 1.807) is 22.4 Å². The number of benzene rings is 2. The molecule has 4 aromatic rings. The Morgan fingerprint density at radius 3 is 2.69 bits per heavy atom. The largest absolute Gasteiger partial charge is 0.283 e. The van der Waals surface area contributed by atoms with Crippen LogP contribution in [0.1, 0.15) is 24.0 Å². The molecule has 5 rings (SSSR count). The highest BCUT2D eigenvalue weighted by atomic mass is 35.5. The lowest BCUT2D eigenvalue weighted by atomic mass is 9.98. The van der Waals surface area contributed by atoms with Gasteiger partial charge in [-0.2, -0.15) is 4.31 Å². The number of aryl methyl sites for hydroxylation is 1. The fourth-order valence-corrected chi connectivity index (χ4v) is 8.32. The van der Waals surface area contributed by atoms with Gasteiger partial charge < -0.3 is 0 Å². The Morgan fingerprint density at radius 1 is 1.17 bits per heavy atom. The molecule has 0 bridgehead atoms. The topological polar surface area (TPSA) is 70.6 Å². The first-order valence-electron chi connectivity index (χ1n) is 11.3. The minimum Gasteiger partial charge on any atom is -0.283 e. The van der Waals surface area contributed by atoms with Crippen molar-refractivity contribution < 1.29 is 13.2 Å². The second kappa shape index (κ2) is 9.99. The quantitative estimate of drug-likeness (QED) is 0.300. The fraction of sp³-hybridized carbons (Fsp3) is 0.280. The summed E-state index contributed by atoms with van der Waals surface area (Å²) in [7, 11) is -3.62. The summed E-state index contributed by atoms with van der Waals surface area (Å²) in [6.45, 7) is 2.90. The highest BCUT2D eigenvalue weighted by Gasteiger charge is 2.36. The summed E-state index contributed by atoms with van der Waals surface area (Å²) in [6, 6.07) is 16.9. The highest BCUT2D eigenvalue weighted by Crippen LogP contribution is 2.37. The number of aromatic nitrogens is 1. The number of piperidine rings is 1. The second-order valence-corrected chi connectivity index (χ2v) is 13.1. The molecule has 1 aliphatic rings. The molecule has 3 heterocycles. The van der Waals surface area contributed by atoms with Crippen molar-refractivity contribution in [3.05, 3.63) is 76.1 Å². The summed E-state index contributed by atoms with van der Waals surface area (Å²) < 4.78 is 28.9. The van der Waals surface area contributed by atoms with Gasteiger partial charge in [-0.1, -0.05) is 65.4 Å². The summed E-state index contributed by atoms with van der Waals surface area (Å²) in [5, 5.41) is 2.93. The van der Waals surface area contributed by atoms with Crippen molar-refractivity contribution in [3.63, 3.8) is 0 Å². The summed E-state index contributed by atoms with van der Waals surface area (Å²) in [4.78, 5) is 20.4. The molecule has 6 nitrogen and oxygen atoms in total. The number of thiazole rings is 1. The molecule has 1 unspecified atom stereocenters. The Labute approximate surface area is 217 Å². The van der Waals surface area contributed by atoms with Crippen LogP contribution in [0.4, 0.5) is 5.13 Å². The van der Waals surface area contributed by atoms with E-state index in [0.29, 0.717) is 40.3 Å². The van der Waals surface area contributed by atoms with E-state index in [9.17, 15) is 13.2 Å². The molecule has 1 aliphatic heterocycles. The normalized spacial score (nSPS) is 17.0. The molecule has 0 aliphatic carbocycles. The first-order chi connectivity index (χ1) is 16.8. The first-order valence-corrected chi connectivity index (χ1v) is 14.8. The highest BCUT2D eigenvalue weighted by molar-refractivity contribution is 7.91. The third-order valence-electron chi connectivity index (χ3n) is 6.19. The van der Waals surface area contributed by atoms with Gasteiger partial charge >= 0.3 is 0 Å². The molecule has 1 saturated heterocycles. The standard InChI is InChI=1S/C25H24ClN3O3S3/c1-17-11-12-20(26)23-22(17)27-25(34-23)29(15-18-7-3-2-4-8-18)24(30)19-9-5-13-28(16-19)35(31,32)21-10-6-14-33-21/h2-4,6-8,10-12,14,19H,5,9,13,15-16H2,1H3. The van der Waals surface area contributed by atoms with Crippen LogP contribution in [0.15, 0.2) is 64.2 Å². The van der Waals surface area contributed by atoms with Crippen molar-refractivity contribution in [1.29, 1.82) is 0 Å². The van der Waals surface area contributed by atoms with Crippen LogP contribution in [0.2, 0.25) is 5.02 Å². The number of anilines is 1. The van der Waals surface area contributed by atoms with Gasteiger partial charge in [-0.05, 0) is 48.4 Å². The Kier molecular flexibility index (Phi) is 6.96. The molecule has 0 radical (unpaired) electrons. The number of thiophene rings is 1. The number of carbonyl (C=O) groups is 1. The summed E-state index contributed by atoms with van der Waals surface area (Å²) in [5.74, 6) is -0.571. The van der Waals surface area contributed by atoms with Crippen molar-refractivity contribution in [2.24, 2.45) is 5.92 Å². The van der Waals surface area contributed by atoms with Gasteiger partial charge in [0.15, 0.2) is 5.13 Å². The number of halogens is 1. The summed E-state index contributed by atoms with van der Waals surface area (Å²) in [5.41, 5.74) is 2.75. The predicted octanol–water partition coefficient (Wildman–Crippen LogP) is 5.95. The molecule has 182 valence electrons. The Bertz CT molecular complexity index is 1410. The van der Waals surface area contributed by atoms with E-state index in [2.05, 4.69) is 0 Å². The predicted molar refractivity (Wildman–Crippen MR) is 143 cm³/mol. The van der Waals surface area contributed by atoms with Crippen LogP contribution in [-0.2, 0) is 21.4 Å². The Hall–Kier alpha value is -2.30. The maximum Gasteiger partial charge on any atom is 0.252 e. The Morgan fingerprint density at radius 2 is 1.97 bits per heavy atom. The number of sulfonamides is 1. The first kappa shape index (κ1) is 24.4. The maximum absolute atomic E-state index is 13.9. The molecule has 0 saturated carbocycles. The van der Waals surface area contributed by atoms with Crippen LogP contribution in [-0.4, -0.2) is 36.7 Å². The van der Waals surface area contributed by atoms with Gasteiger partial charge in [0.1, 0.15) is 4.21 Å². The monoisotopic (exact) mass is 545 g/mol. The van der Waals surface area contributed by atoms with E-state index >= 15 is 0 Å². The lowest BCUT2D eigenvalue weighted by molar-refractivity contribution is -0.123. The zero-order valence-electron chi connectivity index (χ0n) is 19.1. The van der Waals surface area contributed by atoms with Crippen LogP contribution in [0.25, 0.3) is 10.2 Å². The number of fused-ring (bicyclic) bond motifs is 1. The van der Waals surface area contributed by atoms with E-state index < -0.39 is 15.9 Å². The minimum atomic E-state index is -3.62. The molecule has 1 fully saturated rings. The van der Waals surface area contributed by atoms with Crippen LogP contribution < -0.4 is 4.90 Å². The average Bonchev–Trinajstić information content (AvgIpc) is 3.57. The molecule has 2 aromatic heterocycles. The van der Waals surface area contributed by atoms with Gasteiger partial charge in [0.05, 0.1) is 27.7 Å². The van der Waals surface area contributed by atoms with Crippen LogP contribution in [0.5, 0.6) is 0 Å². The minimum absolute atomic E-state index is 0.118. The summed E-state index contributed by atoms with van der Waals surface area (Å²) in [6.07, 6.45) is 1.26. The van der Waals surface area contributed by atoms with E-state index in [4.69, 9.17) is 16.6 Å². The van der Waals surface area contributed by atoms with Crippen LogP contribution >= 0.6 is 34.3 Å². The van der Waals surface area contributed by atoms with E-state index in [0.717, 1.165) is 21.3 Å². The zero-order valence-corrected chi connectivity index (χ0v) is 22.3. The lowest BCUT2D eigenvalue weighted by Gasteiger charge is -2.33. The molecule has 1 atom stereocenters. The lowest BCUT2D eigenvalue weighted by Crippen LogP contribution is -2.46. The smallest absolute Gasteiger partial charge is 0.252 e. The molecule has 10 heteroatoms. The van der Waals surface area contributed by atoms with Gasteiger partial charge in [-0.3, -0.25) is 9.69 Å². The third-order valence-corrected chi connectivity index (χ3v) is 11.0. The molecular weight excluding hydrogens is 522 g/mol. The molecular formula is C25H24ClN3O3S3. The Balaban J connectivity index is 1.48. The van der Waals surface area contributed by atoms with Crippen molar-refractivity contribution >= 4 is 65.6 Å².